The van der Waals surface area contributed by atoms with Crippen LogP contribution in [0.15, 0.2) is 47.1 Å². The lowest BCUT2D eigenvalue weighted by Crippen LogP contribution is -2.31. The Kier molecular flexibility index (Phi) is 5.24. The van der Waals surface area contributed by atoms with E-state index in [-0.39, 0.29) is 11.7 Å². The molecule has 1 aromatic carbocycles. The van der Waals surface area contributed by atoms with Gasteiger partial charge in [0.1, 0.15) is 21.5 Å². The van der Waals surface area contributed by atoms with E-state index in [2.05, 4.69) is 25.9 Å². The van der Waals surface area contributed by atoms with Crippen LogP contribution in [-0.4, -0.2) is 22.4 Å². The molecule has 0 N–H and O–H groups in total. The van der Waals surface area contributed by atoms with Gasteiger partial charge in [-0.15, -0.1) is 11.3 Å². The van der Waals surface area contributed by atoms with E-state index >= 15 is 0 Å². The molecule has 0 aliphatic rings. The third-order valence-corrected chi connectivity index (χ3v) is 5.30. The Labute approximate surface area is 157 Å². The largest absolute Gasteiger partial charge is 0.292 e. The summed E-state index contributed by atoms with van der Waals surface area (Å²) in [6.45, 7) is 4.20. The average Bonchev–Trinajstić information content (AvgIpc) is 2.99. The van der Waals surface area contributed by atoms with E-state index in [1.165, 1.54) is 23.5 Å². The molecule has 1 amide bonds. The molecule has 3 rings (SSSR count). The molecule has 25 heavy (non-hydrogen) atoms. The van der Waals surface area contributed by atoms with Crippen LogP contribution in [0, 0.1) is 12.7 Å². The molecule has 7 heteroatoms. The number of aryl methyl sites for hydroxylation is 1. The molecule has 3 aromatic rings. The first kappa shape index (κ1) is 17.7. The second kappa shape index (κ2) is 7.41. The summed E-state index contributed by atoms with van der Waals surface area (Å²) in [6, 6.07) is 9.74. The number of hydrogen-bond acceptors (Lipinski definition) is 4. The predicted octanol–water partition coefficient (Wildman–Crippen LogP) is 5.08. The number of thiazole rings is 1. The second-order valence-corrected chi connectivity index (χ2v) is 7.24. The number of rotatable bonds is 4. The molecule has 4 nitrogen and oxygen atoms in total. The van der Waals surface area contributed by atoms with Gasteiger partial charge in [-0.05, 0) is 66.2 Å². The van der Waals surface area contributed by atoms with Crippen molar-refractivity contribution in [1.82, 2.24) is 9.97 Å². The van der Waals surface area contributed by atoms with E-state index in [4.69, 9.17) is 0 Å². The molecule has 0 bridgehead atoms. The average molecular weight is 420 g/mol. The number of benzene rings is 1. The summed E-state index contributed by atoms with van der Waals surface area (Å²) in [5, 5.41) is 0.695. The first-order valence-electron chi connectivity index (χ1n) is 7.66. The van der Waals surface area contributed by atoms with Gasteiger partial charge in [-0.3, -0.25) is 9.69 Å². The third-order valence-electron chi connectivity index (χ3n) is 3.63. The highest BCUT2D eigenvalue weighted by Gasteiger charge is 2.23. The fraction of sp³-hybridized carbons (Fsp3) is 0.167. The minimum Gasteiger partial charge on any atom is -0.292 e. The highest BCUT2D eigenvalue weighted by molar-refractivity contribution is 9.10. The Bertz CT molecular complexity index is 894. The van der Waals surface area contributed by atoms with E-state index in [0.717, 1.165) is 10.0 Å². The Balaban J connectivity index is 1.93. The molecule has 0 radical (unpaired) electrons. The van der Waals surface area contributed by atoms with Crippen molar-refractivity contribution in [3.63, 3.8) is 0 Å². The first-order valence-corrected chi connectivity index (χ1v) is 9.27. The van der Waals surface area contributed by atoms with Crippen molar-refractivity contribution in [1.29, 1.82) is 0 Å². The summed E-state index contributed by atoms with van der Waals surface area (Å²) in [7, 11) is 0. The fourth-order valence-electron chi connectivity index (χ4n) is 2.37. The summed E-state index contributed by atoms with van der Waals surface area (Å²) < 4.78 is 13.9. The molecular formula is C18H15BrFN3OS. The molecule has 2 heterocycles. The van der Waals surface area contributed by atoms with Gasteiger partial charge in [0, 0.05) is 22.8 Å². The van der Waals surface area contributed by atoms with Gasteiger partial charge in [-0.1, -0.05) is 0 Å². The topological polar surface area (TPSA) is 46.1 Å². The summed E-state index contributed by atoms with van der Waals surface area (Å²) in [6.07, 6.45) is 1.66. The number of halogens is 2. The number of carbonyl (C=O) groups excluding carboxylic acids is 1. The standard InChI is InChI=1S/C18H15BrFN3OS/c1-3-23(15-9-6-13(19)10-21-15)18(24)16-11(2)22-17(25-16)12-4-7-14(20)8-5-12/h4-10H,3H2,1-2H3. The number of nitrogens with zero attached hydrogens (tertiary/aromatic N) is 3. The van der Waals surface area contributed by atoms with Crippen LogP contribution in [-0.2, 0) is 0 Å². The lowest BCUT2D eigenvalue weighted by Gasteiger charge is -2.19. The van der Waals surface area contributed by atoms with Crippen LogP contribution in [0.4, 0.5) is 10.2 Å². The normalized spacial score (nSPS) is 10.7. The molecule has 0 aliphatic heterocycles. The summed E-state index contributed by atoms with van der Waals surface area (Å²) >= 11 is 4.65. The van der Waals surface area contributed by atoms with Crippen molar-refractivity contribution in [3.05, 3.63) is 63.5 Å². The maximum Gasteiger partial charge on any atom is 0.271 e. The van der Waals surface area contributed by atoms with Gasteiger partial charge in [0.25, 0.3) is 5.91 Å². The van der Waals surface area contributed by atoms with Crippen molar-refractivity contribution in [3.8, 4) is 10.6 Å². The quantitative estimate of drug-likeness (QED) is 0.591. The van der Waals surface area contributed by atoms with Crippen molar-refractivity contribution in [2.75, 3.05) is 11.4 Å². The number of pyridine rings is 1. The highest BCUT2D eigenvalue weighted by Crippen LogP contribution is 2.30. The first-order chi connectivity index (χ1) is 12.0. The molecule has 128 valence electrons. The minimum absolute atomic E-state index is 0.138. The van der Waals surface area contributed by atoms with E-state index in [0.29, 0.717) is 27.9 Å². The Morgan fingerprint density at radius 2 is 1.96 bits per heavy atom. The van der Waals surface area contributed by atoms with Crippen LogP contribution in [0.2, 0.25) is 0 Å². The molecular weight excluding hydrogens is 405 g/mol. The summed E-state index contributed by atoms with van der Waals surface area (Å²) in [5.74, 6) is 0.152. The van der Waals surface area contributed by atoms with E-state index in [1.54, 1.807) is 36.2 Å². The minimum atomic E-state index is -0.299. The molecule has 2 aromatic heterocycles. The van der Waals surface area contributed by atoms with Gasteiger partial charge in [-0.25, -0.2) is 14.4 Å². The van der Waals surface area contributed by atoms with Crippen molar-refractivity contribution >= 4 is 39.0 Å². The van der Waals surface area contributed by atoms with Crippen LogP contribution >= 0.6 is 27.3 Å². The van der Waals surface area contributed by atoms with Gasteiger partial charge < -0.3 is 0 Å². The maximum atomic E-state index is 13.1. The Morgan fingerprint density at radius 3 is 2.56 bits per heavy atom. The van der Waals surface area contributed by atoms with E-state index in [9.17, 15) is 9.18 Å². The smallest absolute Gasteiger partial charge is 0.271 e. The Morgan fingerprint density at radius 1 is 1.24 bits per heavy atom. The third kappa shape index (κ3) is 3.77. The molecule has 0 aliphatic carbocycles. The van der Waals surface area contributed by atoms with Gasteiger partial charge >= 0.3 is 0 Å². The molecule has 0 atom stereocenters. The van der Waals surface area contributed by atoms with Gasteiger partial charge in [0.2, 0.25) is 0 Å². The maximum absolute atomic E-state index is 13.1. The number of carbonyl (C=O) groups is 1. The number of aromatic nitrogens is 2. The van der Waals surface area contributed by atoms with Crippen LogP contribution in [0.3, 0.4) is 0 Å². The van der Waals surface area contributed by atoms with Crippen LogP contribution in [0.1, 0.15) is 22.3 Å². The number of amides is 1. The summed E-state index contributed by atoms with van der Waals surface area (Å²) in [5.41, 5.74) is 1.45. The molecule has 0 saturated carbocycles. The predicted molar refractivity (Wildman–Crippen MR) is 102 cm³/mol. The highest BCUT2D eigenvalue weighted by atomic mass is 79.9. The SMILES string of the molecule is CCN(C(=O)c1sc(-c2ccc(F)cc2)nc1C)c1ccc(Br)cn1. The molecule has 0 spiro atoms. The lowest BCUT2D eigenvalue weighted by atomic mass is 10.2. The van der Waals surface area contributed by atoms with Crippen LogP contribution < -0.4 is 4.90 Å². The zero-order valence-corrected chi connectivity index (χ0v) is 16.1. The molecule has 0 saturated heterocycles. The number of anilines is 1. The zero-order chi connectivity index (χ0) is 18.0. The molecule has 0 unspecified atom stereocenters. The van der Waals surface area contributed by atoms with Crippen molar-refractivity contribution in [2.24, 2.45) is 0 Å². The lowest BCUT2D eigenvalue weighted by molar-refractivity contribution is 0.0990. The van der Waals surface area contributed by atoms with E-state index < -0.39 is 0 Å². The van der Waals surface area contributed by atoms with Gasteiger partial charge in [0.05, 0.1) is 5.69 Å². The molecule has 0 fully saturated rings. The monoisotopic (exact) mass is 419 g/mol. The van der Waals surface area contributed by atoms with Gasteiger partial charge in [-0.2, -0.15) is 0 Å². The Hall–Kier alpha value is -2.12. The van der Waals surface area contributed by atoms with Crippen molar-refractivity contribution < 1.29 is 9.18 Å². The second-order valence-electron chi connectivity index (χ2n) is 5.32. The van der Waals surface area contributed by atoms with Gasteiger partial charge in [0.15, 0.2) is 0 Å². The van der Waals surface area contributed by atoms with Crippen LogP contribution in [0.25, 0.3) is 10.6 Å². The zero-order valence-electron chi connectivity index (χ0n) is 13.7. The fourth-order valence-corrected chi connectivity index (χ4v) is 3.63. The summed E-state index contributed by atoms with van der Waals surface area (Å²) in [4.78, 5) is 23.9. The van der Waals surface area contributed by atoms with E-state index in [1.807, 2.05) is 13.0 Å². The number of hydrogen-bond donors (Lipinski definition) is 0. The van der Waals surface area contributed by atoms with Crippen LogP contribution in [0.5, 0.6) is 0 Å². The van der Waals surface area contributed by atoms with Crippen molar-refractivity contribution in [2.45, 2.75) is 13.8 Å².